The quantitative estimate of drug-likeness (QED) is 0.701. The third kappa shape index (κ3) is 1.53. The number of hydrogen-bond donors (Lipinski definition) is 0. The molecule has 0 fully saturated rings. The summed E-state index contributed by atoms with van der Waals surface area (Å²) >= 11 is -5.01. The van der Waals surface area contributed by atoms with Crippen molar-refractivity contribution in [2.75, 3.05) is 0 Å². The van der Waals surface area contributed by atoms with Crippen LogP contribution in [0.2, 0.25) is 4.81 Å². The van der Waals surface area contributed by atoms with Crippen molar-refractivity contribution in [3.8, 4) is 0 Å². The number of hydrogen-bond acceptors (Lipinski definition) is 3. The van der Waals surface area contributed by atoms with Gasteiger partial charge in [0.2, 0.25) is 0 Å². The Hall–Kier alpha value is -1.35. The minimum absolute atomic E-state index is 0.0456. The molecule has 1 aliphatic carbocycles. The molecule has 0 aromatic heterocycles. The molecule has 0 saturated heterocycles. The Morgan fingerprint density at radius 3 is 2.27 bits per heavy atom. The molecule has 3 nitrogen and oxygen atoms in total. The molecule has 0 radical (unpaired) electrons. The van der Waals surface area contributed by atoms with E-state index in [-0.39, 0.29) is 4.81 Å². The third-order valence-electron chi connectivity index (χ3n) is 2.32. The number of rotatable bonds is 3. The van der Waals surface area contributed by atoms with Gasteiger partial charge in [-0.05, 0) is 0 Å². The van der Waals surface area contributed by atoms with Crippen LogP contribution in [-0.4, -0.2) is 12.8 Å². The van der Waals surface area contributed by atoms with Gasteiger partial charge in [-0.3, -0.25) is 0 Å². The van der Waals surface area contributed by atoms with Crippen LogP contribution in [0.3, 0.4) is 0 Å². The summed E-state index contributed by atoms with van der Waals surface area (Å²) in [5, 5.41) is 0. The van der Waals surface area contributed by atoms with Crippen LogP contribution in [0, 0.1) is 0 Å². The Morgan fingerprint density at radius 2 is 1.93 bits per heavy atom. The van der Waals surface area contributed by atoms with E-state index in [0.717, 1.165) is 0 Å². The molecule has 0 aliphatic heterocycles. The maximum atomic E-state index is 11.1. The van der Waals surface area contributed by atoms with Crippen molar-refractivity contribution in [2.24, 2.45) is 0 Å². The van der Waals surface area contributed by atoms with Crippen LogP contribution in [0.4, 0.5) is 0 Å². The van der Waals surface area contributed by atoms with E-state index >= 15 is 0 Å². The van der Waals surface area contributed by atoms with Gasteiger partial charge in [0.05, 0.1) is 0 Å². The topological polar surface area (TPSA) is 51.2 Å². The summed E-state index contributed by atoms with van der Waals surface area (Å²) in [6.07, 6.45) is 6.99. The summed E-state index contributed by atoms with van der Waals surface area (Å²) in [4.78, 5) is 33.4. The Morgan fingerprint density at radius 1 is 1.33 bits per heavy atom. The summed E-state index contributed by atoms with van der Waals surface area (Å²) in [6.45, 7) is 3.47. The van der Waals surface area contributed by atoms with Crippen molar-refractivity contribution < 1.29 is 27.8 Å². The monoisotopic (exact) mass is 374 g/mol. The fraction of sp³-hybridized carbons (Fsp3) is 0.182. The molecule has 15 heavy (non-hydrogen) atoms. The molecule has 0 aromatic carbocycles. The molecular formula is C11H10O3W. The van der Waals surface area contributed by atoms with Gasteiger partial charge in [-0.2, -0.15) is 0 Å². The van der Waals surface area contributed by atoms with E-state index in [2.05, 4.69) is 6.58 Å². The zero-order valence-electron chi connectivity index (χ0n) is 8.06. The van der Waals surface area contributed by atoms with Crippen molar-refractivity contribution in [3.63, 3.8) is 0 Å². The van der Waals surface area contributed by atoms with Gasteiger partial charge in [-0.25, -0.2) is 0 Å². The minimum atomic E-state index is -5.01. The van der Waals surface area contributed by atoms with E-state index in [9.17, 15) is 14.4 Å². The van der Waals surface area contributed by atoms with Gasteiger partial charge in [0.15, 0.2) is 0 Å². The molecule has 78 valence electrons. The van der Waals surface area contributed by atoms with Gasteiger partial charge in [0, 0.05) is 0 Å². The number of allylic oxidation sites excluding steroid dienone is 5. The second-order valence-electron chi connectivity index (χ2n) is 3.16. The molecule has 0 heterocycles. The van der Waals surface area contributed by atoms with Gasteiger partial charge in [-0.1, -0.05) is 0 Å². The van der Waals surface area contributed by atoms with E-state index in [1.54, 1.807) is 31.0 Å². The van der Waals surface area contributed by atoms with Crippen LogP contribution in [0.25, 0.3) is 0 Å². The first-order chi connectivity index (χ1) is 7.17. The first-order valence-electron chi connectivity index (χ1n) is 4.25. The van der Waals surface area contributed by atoms with Crippen molar-refractivity contribution >= 4 is 12.8 Å². The Bertz CT molecular complexity index is 601. The zero-order chi connectivity index (χ0) is 11.4. The molecule has 0 saturated carbocycles. The van der Waals surface area contributed by atoms with E-state index in [1.807, 2.05) is 0 Å². The molecule has 0 amide bonds. The predicted octanol–water partition coefficient (Wildman–Crippen LogP) is 1.33. The van der Waals surface area contributed by atoms with E-state index < -0.39 is 13.4 Å². The fourth-order valence-corrected chi connectivity index (χ4v) is 9.16. The molecule has 1 aliphatic rings. The molecular weight excluding hydrogens is 364 g/mol. The second kappa shape index (κ2) is 4.03. The summed E-state index contributed by atoms with van der Waals surface area (Å²) in [5.74, 6) is 0. The van der Waals surface area contributed by atoms with E-state index in [0.29, 0.717) is 10.4 Å². The predicted molar refractivity (Wildman–Crippen MR) is 53.9 cm³/mol. The zero-order valence-corrected chi connectivity index (χ0v) is 11.0. The van der Waals surface area contributed by atoms with Crippen LogP contribution in [-0.2, 0) is 27.8 Å². The van der Waals surface area contributed by atoms with Crippen molar-refractivity contribution in [1.82, 2.24) is 0 Å². The van der Waals surface area contributed by atoms with Crippen LogP contribution in [0.1, 0.15) is 6.42 Å². The Kier molecular flexibility index (Phi) is 3.15. The standard InChI is InChI=1S/C5H5.C3H5.3CO.W/c1-2-4-5-3-1;1-3-2;3*1-2;/h1-3H,4H2;3H,1-2H2;;;;. The second-order valence-corrected chi connectivity index (χ2v) is 16.6. The molecule has 0 bridgehead atoms. The van der Waals surface area contributed by atoms with Crippen molar-refractivity contribution in [1.29, 1.82) is 0 Å². The Labute approximate surface area is 86.8 Å². The average molecular weight is 374 g/mol. The SMILES string of the molecule is C=C[CH2][W](=[C]=O)(=[C]=O)(=[C]=O)[C]1=CC=CC1. The van der Waals surface area contributed by atoms with Crippen molar-refractivity contribution in [2.45, 2.75) is 11.2 Å². The van der Waals surface area contributed by atoms with Crippen LogP contribution in [0.15, 0.2) is 34.8 Å². The molecule has 0 N–H and O–H groups in total. The molecule has 0 unspecified atom stereocenters. The maximum absolute atomic E-state index is 11.1. The Balaban J connectivity index is 3.94. The fourth-order valence-electron chi connectivity index (χ4n) is 1.42. The summed E-state index contributed by atoms with van der Waals surface area (Å²) in [6, 6.07) is 0. The van der Waals surface area contributed by atoms with Gasteiger partial charge in [-0.15, -0.1) is 0 Å². The number of carbonyl (C=O) groups excluding carboxylic acids is 3. The average Bonchev–Trinajstić information content (AvgIpc) is 2.81. The van der Waals surface area contributed by atoms with Crippen molar-refractivity contribution in [3.05, 3.63) is 34.8 Å². The van der Waals surface area contributed by atoms with Gasteiger partial charge < -0.3 is 0 Å². The van der Waals surface area contributed by atoms with Crippen LogP contribution >= 0.6 is 0 Å². The molecule has 0 aromatic rings. The van der Waals surface area contributed by atoms with Gasteiger partial charge in [0.25, 0.3) is 0 Å². The normalized spacial score (nSPS) is 14.9. The van der Waals surface area contributed by atoms with Gasteiger partial charge >= 0.3 is 86.7 Å². The third-order valence-corrected chi connectivity index (χ3v) is 14.8. The first kappa shape index (κ1) is 11.7. The van der Waals surface area contributed by atoms with Crippen LogP contribution < -0.4 is 0 Å². The summed E-state index contributed by atoms with van der Waals surface area (Å²) in [5.41, 5.74) is 0. The molecule has 1 rings (SSSR count). The van der Waals surface area contributed by atoms with Gasteiger partial charge in [0.1, 0.15) is 0 Å². The molecule has 0 spiro atoms. The summed E-state index contributed by atoms with van der Waals surface area (Å²) in [7, 11) is 0. The van der Waals surface area contributed by atoms with Crippen LogP contribution in [0.5, 0.6) is 0 Å². The first-order valence-corrected chi connectivity index (χ1v) is 12.2. The summed E-state index contributed by atoms with van der Waals surface area (Å²) < 4.78 is 5.66. The molecule has 0 atom stereocenters. The van der Waals surface area contributed by atoms with E-state index in [4.69, 9.17) is 0 Å². The molecule has 4 heteroatoms. The van der Waals surface area contributed by atoms with E-state index in [1.165, 1.54) is 6.08 Å².